The molecule has 0 aromatic heterocycles. The van der Waals surface area contributed by atoms with E-state index in [4.69, 9.17) is 10.00 Å². The van der Waals surface area contributed by atoms with Crippen molar-refractivity contribution in [1.29, 1.82) is 5.26 Å². The minimum Gasteiger partial charge on any atom is -0.494 e. The van der Waals surface area contributed by atoms with Gasteiger partial charge in [0.2, 0.25) is 0 Å². The van der Waals surface area contributed by atoms with Gasteiger partial charge in [0.05, 0.1) is 12.7 Å². The van der Waals surface area contributed by atoms with Crippen molar-refractivity contribution in [3.63, 3.8) is 0 Å². The highest BCUT2D eigenvalue weighted by atomic mass is 16.5. The summed E-state index contributed by atoms with van der Waals surface area (Å²) >= 11 is 0. The Bertz CT molecular complexity index is 315. The smallest absolute Gasteiger partial charge is 0.119 e. The number of nitriles is 1. The average Bonchev–Trinajstić information content (AvgIpc) is 2.38. The molecule has 0 unspecified atom stereocenters. The van der Waals surface area contributed by atoms with E-state index in [1.165, 1.54) is 25.7 Å². The molecule has 17 heavy (non-hydrogen) atoms. The average molecular weight is 231 g/mol. The van der Waals surface area contributed by atoms with E-state index in [2.05, 4.69) is 6.07 Å². The van der Waals surface area contributed by atoms with Crippen LogP contribution in [0.2, 0.25) is 0 Å². The first-order valence-corrected chi connectivity index (χ1v) is 6.48. The summed E-state index contributed by atoms with van der Waals surface area (Å²) in [5.74, 6) is 0.960. The monoisotopic (exact) mass is 231 g/mol. The molecule has 0 aliphatic heterocycles. The zero-order valence-electron chi connectivity index (χ0n) is 10.4. The van der Waals surface area contributed by atoms with Crippen molar-refractivity contribution < 1.29 is 4.74 Å². The quantitative estimate of drug-likeness (QED) is 0.593. The van der Waals surface area contributed by atoms with Gasteiger partial charge in [0, 0.05) is 6.42 Å². The Labute approximate surface area is 104 Å². The first-order chi connectivity index (χ1) is 8.43. The molecule has 0 radical (unpaired) electrons. The van der Waals surface area contributed by atoms with Crippen LogP contribution in [0.25, 0.3) is 0 Å². The van der Waals surface area contributed by atoms with E-state index in [-0.39, 0.29) is 0 Å². The molecule has 2 nitrogen and oxygen atoms in total. The second-order valence-electron chi connectivity index (χ2n) is 4.19. The number of rotatable bonds is 9. The summed E-state index contributed by atoms with van der Waals surface area (Å²) in [7, 11) is 0. The summed E-state index contributed by atoms with van der Waals surface area (Å²) in [5.41, 5.74) is 0. The number of unbranched alkanes of at least 4 members (excludes halogenated alkanes) is 6. The lowest BCUT2D eigenvalue weighted by atomic mass is 10.1. The van der Waals surface area contributed by atoms with Crippen LogP contribution in [0.4, 0.5) is 0 Å². The third-order valence-corrected chi connectivity index (χ3v) is 2.69. The molecule has 92 valence electrons. The summed E-state index contributed by atoms with van der Waals surface area (Å²) in [6.45, 7) is 0.808. The standard InChI is InChI=1S/C15H21NO/c16-13-9-4-2-1-3-5-10-14-17-15-11-7-6-8-12-15/h6-8,11-12H,1-5,9-10,14H2. The molecular formula is C15H21NO. The lowest BCUT2D eigenvalue weighted by molar-refractivity contribution is 0.304. The fourth-order valence-electron chi connectivity index (χ4n) is 1.72. The molecular weight excluding hydrogens is 210 g/mol. The van der Waals surface area contributed by atoms with Gasteiger partial charge in [0.25, 0.3) is 0 Å². The molecule has 0 bridgehead atoms. The summed E-state index contributed by atoms with van der Waals surface area (Å²) in [6.07, 6.45) is 7.78. The van der Waals surface area contributed by atoms with Crippen molar-refractivity contribution in [3.8, 4) is 11.8 Å². The number of hydrogen-bond donors (Lipinski definition) is 0. The van der Waals surface area contributed by atoms with Crippen LogP contribution < -0.4 is 4.74 Å². The van der Waals surface area contributed by atoms with E-state index in [0.29, 0.717) is 6.42 Å². The van der Waals surface area contributed by atoms with E-state index < -0.39 is 0 Å². The summed E-state index contributed by atoms with van der Waals surface area (Å²) in [5, 5.41) is 8.38. The molecule has 1 aromatic carbocycles. The highest BCUT2D eigenvalue weighted by Gasteiger charge is 1.93. The van der Waals surface area contributed by atoms with Gasteiger partial charge in [0.15, 0.2) is 0 Å². The highest BCUT2D eigenvalue weighted by Crippen LogP contribution is 2.10. The van der Waals surface area contributed by atoms with Crippen LogP contribution in [0.5, 0.6) is 5.75 Å². The van der Waals surface area contributed by atoms with Crippen molar-refractivity contribution in [2.45, 2.75) is 44.9 Å². The first kappa shape index (κ1) is 13.6. The number of benzene rings is 1. The molecule has 1 aromatic rings. The normalized spacial score (nSPS) is 9.82. The largest absolute Gasteiger partial charge is 0.494 e. The Hall–Kier alpha value is -1.49. The minimum atomic E-state index is 0.705. The summed E-state index contributed by atoms with van der Waals surface area (Å²) < 4.78 is 5.61. The number of para-hydroxylation sites is 1. The van der Waals surface area contributed by atoms with Gasteiger partial charge in [-0.1, -0.05) is 43.9 Å². The molecule has 0 saturated heterocycles. The second-order valence-corrected chi connectivity index (χ2v) is 4.19. The number of nitrogens with zero attached hydrogens (tertiary/aromatic N) is 1. The van der Waals surface area contributed by atoms with Crippen LogP contribution in [-0.2, 0) is 0 Å². The van der Waals surface area contributed by atoms with E-state index in [9.17, 15) is 0 Å². The third-order valence-electron chi connectivity index (χ3n) is 2.69. The maximum atomic E-state index is 8.38. The second kappa shape index (κ2) is 9.72. The van der Waals surface area contributed by atoms with Gasteiger partial charge < -0.3 is 4.74 Å². The number of hydrogen-bond acceptors (Lipinski definition) is 2. The van der Waals surface area contributed by atoms with Crippen LogP contribution in [-0.4, -0.2) is 6.61 Å². The molecule has 0 fully saturated rings. The molecule has 0 aliphatic rings. The Morgan fingerprint density at radius 2 is 1.53 bits per heavy atom. The van der Waals surface area contributed by atoms with Gasteiger partial charge in [-0.05, 0) is 25.0 Å². The van der Waals surface area contributed by atoms with Crippen molar-refractivity contribution in [2.24, 2.45) is 0 Å². The molecule has 0 amide bonds. The van der Waals surface area contributed by atoms with Crippen molar-refractivity contribution in [3.05, 3.63) is 30.3 Å². The SMILES string of the molecule is N#CCCCCCCCCOc1ccccc1. The molecule has 0 saturated carbocycles. The van der Waals surface area contributed by atoms with Gasteiger partial charge in [-0.25, -0.2) is 0 Å². The van der Waals surface area contributed by atoms with E-state index >= 15 is 0 Å². The van der Waals surface area contributed by atoms with Gasteiger partial charge in [-0.2, -0.15) is 5.26 Å². The van der Waals surface area contributed by atoms with Crippen LogP contribution in [0.1, 0.15) is 44.9 Å². The number of ether oxygens (including phenoxy) is 1. The molecule has 0 aliphatic carbocycles. The molecule has 0 heterocycles. The van der Waals surface area contributed by atoms with E-state index in [1.807, 2.05) is 30.3 Å². The fourth-order valence-corrected chi connectivity index (χ4v) is 1.72. The Balaban J connectivity index is 1.87. The predicted molar refractivity (Wildman–Crippen MR) is 69.9 cm³/mol. The van der Waals surface area contributed by atoms with Crippen LogP contribution in [0.3, 0.4) is 0 Å². The van der Waals surface area contributed by atoms with Crippen molar-refractivity contribution in [1.82, 2.24) is 0 Å². The fraction of sp³-hybridized carbons (Fsp3) is 0.533. The first-order valence-electron chi connectivity index (χ1n) is 6.48. The molecule has 0 atom stereocenters. The third kappa shape index (κ3) is 7.41. The zero-order valence-corrected chi connectivity index (χ0v) is 10.4. The van der Waals surface area contributed by atoms with E-state index in [0.717, 1.165) is 25.2 Å². The zero-order chi connectivity index (χ0) is 12.2. The minimum absolute atomic E-state index is 0.705. The predicted octanol–water partition coefficient (Wildman–Crippen LogP) is 4.32. The van der Waals surface area contributed by atoms with Crippen LogP contribution in [0, 0.1) is 11.3 Å². The summed E-state index contributed by atoms with van der Waals surface area (Å²) in [6, 6.07) is 12.1. The molecule has 0 spiro atoms. The lowest BCUT2D eigenvalue weighted by Gasteiger charge is -2.05. The van der Waals surface area contributed by atoms with Gasteiger partial charge in [0.1, 0.15) is 5.75 Å². The van der Waals surface area contributed by atoms with Crippen LogP contribution in [0.15, 0.2) is 30.3 Å². The van der Waals surface area contributed by atoms with Gasteiger partial charge in [-0.3, -0.25) is 0 Å². The summed E-state index contributed by atoms with van der Waals surface area (Å²) in [4.78, 5) is 0. The Morgan fingerprint density at radius 1 is 0.882 bits per heavy atom. The van der Waals surface area contributed by atoms with E-state index in [1.54, 1.807) is 0 Å². The Kier molecular flexibility index (Phi) is 7.76. The highest BCUT2D eigenvalue weighted by molar-refractivity contribution is 5.20. The van der Waals surface area contributed by atoms with Crippen molar-refractivity contribution in [2.75, 3.05) is 6.61 Å². The Morgan fingerprint density at radius 3 is 2.24 bits per heavy atom. The topological polar surface area (TPSA) is 33.0 Å². The maximum absolute atomic E-state index is 8.38. The molecule has 2 heteroatoms. The van der Waals surface area contributed by atoms with Gasteiger partial charge in [-0.15, -0.1) is 0 Å². The van der Waals surface area contributed by atoms with Crippen molar-refractivity contribution >= 4 is 0 Å². The molecule has 0 N–H and O–H groups in total. The van der Waals surface area contributed by atoms with Gasteiger partial charge >= 0.3 is 0 Å². The lowest BCUT2D eigenvalue weighted by Crippen LogP contribution is -1.96. The molecule has 1 rings (SSSR count). The maximum Gasteiger partial charge on any atom is 0.119 e. The van der Waals surface area contributed by atoms with Crippen LogP contribution >= 0.6 is 0 Å².